The Morgan fingerprint density at radius 2 is 1.98 bits per heavy atom. The molecule has 3 atom stereocenters. The second-order valence-corrected chi connectivity index (χ2v) is 21.0. The third-order valence-electron chi connectivity index (χ3n) is 7.47. The number of fused-ring (bicyclic) bond motifs is 1. The quantitative estimate of drug-likeness (QED) is 0.144. The van der Waals surface area contributed by atoms with E-state index in [9.17, 15) is 4.79 Å². The van der Waals surface area contributed by atoms with Gasteiger partial charge in [0.25, 0.3) is 0 Å². The number of carbonyl (C=O) groups excluding carboxylic acids is 1. The van der Waals surface area contributed by atoms with E-state index in [1.807, 2.05) is 6.92 Å². The average Bonchev–Trinajstić information content (AvgIpc) is 3.63. The summed E-state index contributed by atoms with van der Waals surface area (Å²) in [5.74, 6) is -1.23. The van der Waals surface area contributed by atoms with E-state index in [1.54, 1.807) is 33.9 Å². The van der Waals surface area contributed by atoms with Gasteiger partial charge in [-0.1, -0.05) is 49.1 Å². The number of ether oxygens (including phenoxy) is 3. The van der Waals surface area contributed by atoms with Crippen molar-refractivity contribution in [1.82, 2.24) is 14.9 Å². The van der Waals surface area contributed by atoms with Gasteiger partial charge in [0, 0.05) is 33.3 Å². The minimum Gasteiger partial charge on any atom is -0.443 e. The van der Waals surface area contributed by atoms with E-state index in [2.05, 4.69) is 29.6 Å². The zero-order valence-electron chi connectivity index (χ0n) is 26.5. The summed E-state index contributed by atoms with van der Waals surface area (Å²) < 4.78 is 47.7. The zero-order chi connectivity index (χ0) is 32.5. The van der Waals surface area contributed by atoms with Crippen LogP contribution >= 0.6 is 23.4 Å². The van der Waals surface area contributed by atoms with E-state index >= 15 is 8.78 Å². The van der Waals surface area contributed by atoms with Gasteiger partial charge in [0.05, 0.1) is 29.3 Å². The molecule has 0 bridgehead atoms. The smallest absolute Gasteiger partial charge is 0.418 e. The standard InChI is InChI=1S/C31H41ClF2N4O4SSi/c1-29(2,3)42-28(39)38(19-41-11-12-44(6,7)8)27-37-30(4,25-15-31(25,43-27)18-40-5)21-13-20(9-10-22(21)33)14-23(34)24-16-36-26(32)17-35-24/h9-10,13-14,16-17,25H,11-12,15,18-19H2,1-8H3/b23-14-/t25-,30+,31+/m0/s1. The number of hydrogen-bond acceptors (Lipinski definition) is 8. The molecule has 2 aromatic rings. The van der Waals surface area contributed by atoms with Crippen molar-refractivity contribution < 1.29 is 27.8 Å². The summed E-state index contributed by atoms with van der Waals surface area (Å²) in [6.45, 7) is 14.8. The highest BCUT2D eigenvalue weighted by Gasteiger charge is 2.67. The number of benzene rings is 1. The number of aliphatic imine (C=N–C) groups is 1. The highest BCUT2D eigenvalue weighted by Crippen LogP contribution is 2.66. The van der Waals surface area contributed by atoms with Gasteiger partial charge >= 0.3 is 6.09 Å². The van der Waals surface area contributed by atoms with E-state index in [1.165, 1.54) is 47.3 Å². The van der Waals surface area contributed by atoms with Crippen LogP contribution in [0.3, 0.4) is 0 Å². The topological polar surface area (TPSA) is 86.1 Å². The maximum absolute atomic E-state index is 15.7. The Morgan fingerprint density at radius 3 is 2.59 bits per heavy atom. The molecule has 1 aliphatic carbocycles. The molecule has 1 aromatic heterocycles. The molecule has 0 radical (unpaired) electrons. The van der Waals surface area contributed by atoms with Gasteiger partial charge in [-0.05, 0) is 63.9 Å². The Labute approximate surface area is 268 Å². The number of amides is 1. The van der Waals surface area contributed by atoms with Crippen molar-refractivity contribution in [1.29, 1.82) is 0 Å². The predicted molar refractivity (Wildman–Crippen MR) is 175 cm³/mol. The van der Waals surface area contributed by atoms with Crippen LogP contribution in [0.2, 0.25) is 30.8 Å². The molecule has 2 aliphatic rings. The molecule has 8 nitrogen and oxygen atoms in total. The number of halogens is 3. The Hall–Kier alpha value is -2.38. The van der Waals surface area contributed by atoms with Gasteiger partial charge < -0.3 is 14.2 Å². The molecule has 4 rings (SSSR count). The minimum absolute atomic E-state index is 0.00398. The number of thioether (sulfide) groups is 1. The maximum atomic E-state index is 15.7. The van der Waals surface area contributed by atoms with Crippen LogP contribution in [0.4, 0.5) is 13.6 Å². The van der Waals surface area contributed by atoms with Crippen molar-refractivity contribution in [3.63, 3.8) is 0 Å². The van der Waals surface area contributed by atoms with Crippen LogP contribution in [-0.2, 0) is 19.7 Å². The lowest BCUT2D eigenvalue weighted by Gasteiger charge is -2.38. The normalized spacial score (nSPS) is 23.6. The summed E-state index contributed by atoms with van der Waals surface area (Å²) in [6.07, 6.45) is 3.83. The Kier molecular flexibility index (Phi) is 10.3. The molecule has 1 fully saturated rings. The fraction of sp³-hybridized carbons (Fsp3) is 0.548. The molecule has 0 unspecified atom stereocenters. The van der Waals surface area contributed by atoms with Gasteiger partial charge in [-0.15, -0.1) is 0 Å². The molecule has 1 aliphatic heterocycles. The number of methoxy groups -OCH3 is 1. The van der Waals surface area contributed by atoms with E-state index in [0.29, 0.717) is 30.4 Å². The van der Waals surface area contributed by atoms with Gasteiger partial charge in [-0.25, -0.2) is 28.4 Å². The van der Waals surface area contributed by atoms with Gasteiger partial charge in [0.2, 0.25) is 0 Å². The highest BCUT2D eigenvalue weighted by atomic mass is 35.5. The zero-order valence-corrected chi connectivity index (χ0v) is 29.1. The van der Waals surface area contributed by atoms with Crippen molar-refractivity contribution in [3.8, 4) is 0 Å². The fourth-order valence-electron chi connectivity index (χ4n) is 5.10. The summed E-state index contributed by atoms with van der Waals surface area (Å²) >= 11 is 7.22. The lowest BCUT2D eigenvalue weighted by Crippen LogP contribution is -2.46. The van der Waals surface area contributed by atoms with Gasteiger partial charge in [-0.2, -0.15) is 0 Å². The number of carbonyl (C=O) groups is 1. The number of rotatable bonds is 10. The number of nitrogens with zero attached hydrogens (tertiary/aromatic N) is 4. The van der Waals surface area contributed by atoms with Crippen molar-refractivity contribution in [2.75, 3.05) is 27.1 Å². The van der Waals surface area contributed by atoms with Crippen LogP contribution in [0.5, 0.6) is 0 Å². The molecule has 1 amide bonds. The molecule has 1 aromatic carbocycles. The number of aromatic nitrogens is 2. The molecular weight excluding hydrogens is 626 g/mol. The third-order valence-corrected chi connectivity index (χ3v) is 10.8. The van der Waals surface area contributed by atoms with Crippen molar-refractivity contribution >= 4 is 54.6 Å². The van der Waals surface area contributed by atoms with E-state index < -0.39 is 41.7 Å². The lowest BCUT2D eigenvalue weighted by atomic mass is 9.85. The molecule has 240 valence electrons. The summed E-state index contributed by atoms with van der Waals surface area (Å²) in [5.41, 5.74) is -1.14. The molecule has 44 heavy (non-hydrogen) atoms. The van der Waals surface area contributed by atoms with Gasteiger partial charge in [-0.3, -0.25) is 4.99 Å². The lowest BCUT2D eigenvalue weighted by molar-refractivity contribution is 0.0109. The largest absolute Gasteiger partial charge is 0.443 e. The van der Waals surface area contributed by atoms with Crippen LogP contribution in [0, 0.1) is 11.7 Å². The van der Waals surface area contributed by atoms with E-state index in [-0.39, 0.29) is 29.1 Å². The SMILES string of the molecule is COC[C@]12C[C@H]1[C@@](C)(c1cc(/C=C(\F)c3cnc(Cl)cn3)ccc1F)N=C(N(COCC[Si](C)(C)C)C(=O)OC(C)(C)C)S2. The number of hydrogen-bond donors (Lipinski definition) is 0. The molecule has 13 heteroatoms. The Balaban J connectivity index is 1.74. The van der Waals surface area contributed by atoms with Crippen molar-refractivity contribution in [2.45, 2.75) is 75.7 Å². The molecule has 1 saturated carbocycles. The van der Waals surface area contributed by atoms with Crippen LogP contribution in [0.25, 0.3) is 11.9 Å². The Morgan fingerprint density at radius 1 is 1.25 bits per heavy atom. The average molecular weight is 667 g/mol. The first-order chi connectivity index (χ1) is 20.5. The minimum atomic E-state index is -1.37. The van der Waals surface area contributed by atoms with Crippen molar-refractivity contribution in [2.24, 2.45) is 10.9 Å². The first kappa shape index (κ1) is 34.5. The predicted octanol–water partition coefficient (Wildman–Crippen LogP) is 8.01. The number of amidine groups is 1. The molecule has 0 N–H and O–H groups in total. The third kappa shape index (κ3) is 8.25. The van der Waals surface area contributed by atoms with Crippen LogP contribution < -0.4 is 0 Å². The second-order valence-electron chi connectivity index (χ2n) is 13.6. The second kappa shape index (κ2) is 13.2. The van der Waals surface area contributed by atoms with Crippen LogP contribution in [-0.4, -0.2) is 71.6 Å². The summed E-state index contributed by atoms with van der Waals surface area (Å²) in [4.78, 5) is 27.8. The molecule has 0 spiro atoms. The van der Waals surface area contributed by atoms with Crippen LogP contribution in [0.15, 0.2) is 35.6 Å². The maximum Gasteiger partial charge on any atom is 0.418 e. The fourth-order valence-corrected chi connectivity index (χ4v) is 7.59. The van der Waals surface area contributed by atoms with E-state index in [4.69, 9.17) is 30.8 Å². The van der Waals surface area contributed by atoms with Gasteiger partial charge in [0.15, 0.2) is 11.0 Å². The summed E-state index contributed by atoms with van der Waals surface area (Å²) in [6, 6.07) is 5.30. The molecule has 2 heterocycles. The first-order valence-electron chi connectivity index (χ1n) is 14.5. The Bertz CT molecular complexity index is 1430. The summed E-state index contributed by atoms with van der Waals surface area (Å²) in [7, 11) is 0.244. The molecular formula is C31H41ClF2N4O4SSi. The van der Waals surface area contributed by atoms with Crippen LogP contribution in [0.1, 0.15) is 50.9 Å². The van der Waals surface area contributed by atoms with Crippen molar-refractivity contribution in [3.05, 3.63) is 58.4 Å². The highest BCUT2D eigenvalue weighted by molar-refractivity contribution is 8.15. The summed E-state index contributed by atoms with van der Waals surface area (Å²) in [5, 5.41) is 0.511. The molecule has 0 saturated heterocycles. The van der Waals surface area contributed by atoms with Gasteiger partial charge in [0.1, 0.15) is 29.0 Å². The monoisotopic (exact) mass is 666 g/mol. The first-order valence-corrected chi connectivity index (χ1v) is 19.4. The van der Waals surface area contributed by atoms with E-state index in [0.717, 1.165) is 6.04 Å².